The van der Waals surface area contributed by atoms with Crippen LogP contribution in [0.1, 0.15) is 40.4 Å². The van der Waals surface area contributed by atoms with Crippen LogP contribution in [-0.2, 0) is 24.2 Å². The van der Waals surface area contributed by atoms with E-state index in [0.29, 0.717) is 17.0 Å². The number of carboxylic acids is 1. The maximum absolute atomic E-state index is 13.4. The van der Waals surface area contributed by atoms with E-state index in [9.17, 15) is 14.7 Å². The van der Waals surface area contributed by atoms with Gasteiger partial charge in [0.05, 0.1) is 6.42 Å². The maximum Gasteiger partial charge on any atom is 0.305 e. The van der Waals surface area contributed by atoms with E-state index in [4.69, 9.17) is 16.3 Å². The highest BCUT2D eigenvalue weighted by Gasteiger charge is 2.35. The fraction of sp³-hybridized carbons (Fsp3) is 0.259. The third kappa shape index (κ3) is 5.80. The first-order chi connectivity index (χ1) is 16.2. The summed E-state index contributed by atoms with van der Waals surface area (Å²) in [6, 6.07) is 20.9. The van der Waals surface area contributed by atoms with Gasteiger partial charge >= 0.3 is 5.97 Å². The van der Waals surface area contributed by atoms with Crippen molar-refractivity contribution < 1.29 is 19.4 Å². The van der Waals surface area contributed by atoms with Gasteiger partial charge in [-0.05, 0) is 60.0 Å². The van der Waals surface area contributed by atoms with Gasteiger partial charge in [0, 0.05) is 41.0 Å². The summed E-state index contributed by atoms with van der Waals surface area (Å²) in [5, 5.41) is 9.72. The van der Waals surface area contributed by atoms with Gasteiger partial charge in [-0.25, -0.2) is 0 Å². The highest BCUT2D eigenvalue weighted by atomic mass is 79.9. The summed E-state index contributed by atoms with van der Waals surface area (Å²) in [5.74, 6) is -0.409. The molecule has 3 aromatic carbocycles. The Kier molecular flexibility index (Phi) is 7.29. The second-order valence-electron chi connectivity index (χ2n) is 8.82. The number of nitrogens with zero attached hydrogens (tertiary/aromatic N) is 1. The molecule has 1 aliphatic rings. The number of halogens is 2. The Morgan fingerprint density at radius 2 is 1.85 bits per heavy atom. The van der Waals surface area contributed by atoms with Crippen LogP contribution in [0.4, 0.5) is 0 Å². The predicted octanol–water partition coefficient (Wildman–Crippen LogP) is 6.16. The second kappa shape index (κ2) is 10.2. The summed E-state index contributed by atoms with van der Waals surface area (Å²) in [7, 11) is 0. The van der Waals surface area contributed by atoms with E-state index in [-0.39, 0.29) is 25.4 Å². The molecule has 3 aromatic rings. The van der Waals surface area contributed by atoms with E-state index in [1.165, 1.54) is 10.5 Å². The Bertz CT molecular complexity index is 1210. The quantitative estimate of drug-likeness (QED) is 0.370. The van der Waals surface area contributed by atoms with E-state index in [0.717, 1.165) is 27.8 Å². The lowest BCUT2D eigenvalue weighted by Crippen LogP contribution is -2.33. The van der Waals surface area contributed by atoms with Crippen molar-refractivity contribution in [3.63, 3.8) is 0 Å². The molecule has 1 atom stereocenters. The van der Waals surface area contributed by atoms with Crippen LogP contribution >= 0.6 is 27.5 Å². The molecule has 34 heavy (non-hydrogen) atoms. The van der Waals surface area contributed by atoms with Crippen molar-refractivity contribution in [2.45, 2.75) is 38.3 Å². The van der Waals surface area contributed by atoms with Crippen molar-refractivity contribution >= 4 is 39.4 Å². The van der Waals surface area contributed by atoms with Gasteiger partial charge in [-0.2, -0.15) is 0 Å². The normalized spacial score (nSPS) is 16.6. The first-order valence-electron chi connectivity index (χ1n) is 11.0. The van der Waals surface area contributed by atoms with Crippen molar-refractivity contribution in [1.82, 2.24) is 4.90 Å². The molecule has 1 aliphatic heterocycles. The van der Waals surface area contributed by atoms with Crippen LogP contribution in [0.15, 0.2) is 71.2 Å². The highest BCUT2D eigenvalue weighted by Crippen LogP contribution is 2.38. The third-order valence-electron chi connectivity index (χ3n) is 5.92. The standard InChI is InChI=1S/C27H25BrClNO4/c1-27(15-18-6-9-22(28)10-7-18)16-21-14-19(8-11-24(21)34-27)26(33)30(13-12-25(31)32)17-20-4-2-3-5-23(20)29/h2-11,14H,12-13,15-17H2,1H3,(H,31,32). The molecule has 176 valence electrons. The molecule has 1 N–H and O–H groups in total. The molecule has 0 fully saturated rings. The summed E-state index contributed by atoms with van der Waals surface area (Å²) in [6.07, 6.45) is 1.28. The molecule has 0 aromatic heterocycles. The average Bonchev–Trinajstić information content (AvgIpc) is 3.13. The lowest BCUT2D eigenvalue weighted by atomic mass is 9.91. The Hall–Kier alpha value is -2.83. The summed E-state index contributed by atoms with van der Waals surface area (Å²) in [4.78, 5) is 26.1. The molecule has 0 bridgehead atoms. The first-order valence-corrected chi connectivity index (χ1v) is 12.2. The van der Waals surface area contributed by atoms with Gasteiger partial charge in [0.15, 0.2) is 0 Å². The first kappa shape index (κ1) is 24.3. The molecule has 7 heteroatoms. The Morgan fingerprint density at radius 3 is 2.56 bits per heavy atom. The third-order valence-corrected chi connectivity index (χ3v) is 6.82. The lowest BCUT2D eigenvalue weighted by molar-refractivity contribution is -0.137. The lowest BCUT2D eigenvalue weighted by Gasteiger charge is -2.24. The van der Waals surface area contributed by atoms with Gasteiger partial charge in [0.25, 0.3) is 5.91 Å². The van der Waals surface area contributed by atoms with Gasteiger partial charge < -0.3 is 14.7 Å². The second-order valence-corrected chi connectivity index (χ2v) is 10.1. The van der Waals surface area contributed by atoms with Crippen molar-refractivity contribution in [2.75, 3.05) is 6.54 Å². The van der Waals surface area contributed by atoms with Gasteiger partial charge in [0.1, 0.15) is 11.4 Å². The number of amides is 1. The molecule has 0 radical (unpaired) electrons. The number of carboxylic acid groups (broad SMARTS) is 1. The molecule has 0 aliphatic carbocycles. The van der Waals surface area contributed by atoms with Crippen LogP contribution in [0.5, 0.6) is 5.75 Å². The van der Waals surface area contributed by atoms with Crippen LogP contribution < -0.4 is 4.74 Å². The molecule has 0 saturated carbocycles. The summed E-state index contributed by atoms with van der Waals surface area (Å²) in [5.41, 5.74) is 3.02. The van der Waals surface area contributed by atoms with E-state index in [2.05, 4.69) is 35.0 Å². The van der Waals surface area contributed by atoms with Gasteiger partial charge in [-0.3, -0.25) is 9.59 Å². The van der Waals surface area contributed by atoms with Gasteiger partial charge in [0.2, 0.25) is 0 Å². The minimum atomic E-state index is -0.956. The number of hydrogen-bond donors (Lipinski definition) is 1. The molecule has 0 saturated heterocycles. The molecule has 4 rings (SSSR count). The Morgan fingerprint density at radius 1 is 1.12 bits per heavy atom. The van der Waals surface area contributed by atoms with Crippen molar-refractivity contribution in [2.24, 2.45) is 0 Å². The van der Waals surface area contributed by atoms with Crippen LogP contribution in [0, 0.1) is 0 Å². The number of hydrogen-bond acceptors (Lipinski definition) is 3. The van der Waals surface area contributed by atoms with Gasteiger partial charge in [-0.1, -0.05) is 57.9 Å². The van der Waals surface area contributed by atoms with Crippen LogP contribution in [0.25, 0.3) is 0 Å². The summed E-state index contributed by atoms with van der Waals surface area (Å²) in [6.45, 7) is 2.40. The number of carbonyl (C=O) groups is 2. The molecule has 1 heterocycles. The number of ether oxygens (including phenoxy) is 1. The Balaban J connectivity index is 1.53. The molecular formula is C27H25BrClNO4. The van der Waals surface area contributed by atoms with Crippen LogP contribution in [0.2, 0.25) is 5.02 Å². The largest absolute Gasteiger partial charge is 0.487 e. The van der Waals surface area contributed by atoms with E-state index >= 15 is 0 Å². The van der Waals surface area contributed by atoms with Crippen molar-refractivity contribution in [3.05, 3.63) is 98.5 Å². The monoisotopic (exact) mass is 541 g/mol. The molecule has 1 unspecified atom stereocenters. The highest BCUT2D eigenvalue weighted by molar-refractivity contribution is 9.10. The number of benzene rings is 3. The average molecular weight is 543 g/mol. The maximum atomic E-state index is 13.4. The summed E-state index contributed by atoms with van der Waals surface area (Å²) < 4.78 is 7.31. The van der Waals surface area contributed by atoms with E-state index in [1.54, 1.807) is 12.1 Å². The number of aliphatic carboxylic acids is 1. The fourth-order valence-corrected chi connectivity index (χ4v) is 4.74. The topological polar surface area (TPSA) is 66.8 Å². The molecule has 1 amide bonds. The number of carbonyl (C=O) groups excluding carboxylic acids is 1. The van der Waals surface area contributed by atoms with Crippen molar-refractivity contribution in [3.8, 4) is 5.75 Å². The van der Waals surface area contributed by atoms with Crippen LogP contribution in [0.3, 0.4) is 0 Å². The minimum absolute atomic E-state index is 0.0915. The molecule has 0 spiro atoms. The van der Waals surface area contributed by atoms with Crippen LogP contribution in [-0.4, -0.2) is 34.0 Å². The zero-order valence-electron chi connectivity index (χ0n) is 18.8. The number of rotatable bonds is 8. The van der Waals surface area contributed by atoms with Crippen molar-refractivity contribution in [1.29, 1.82) is 0 Å². The minimum Gasteiger partial charge on any atom is -0.487 e. The Labute approximate surface area is 212 Å². The SMILES string of the molecule is CC1(Cc2ccc(Br)cc2)Cc2cc(C(=O)N(CCC(=O)O)Cc3ccccc3Cl)ccc2O1. The zero-order valence-corrected chi connectivity index (χ0v) is 21.1. The smallest absolute Gasteiger partial charge is 0.305 e. The molecular weight excluding hydrogens is 518 g/mol. The predicted molar refractivity (Wildman–Crippen MR) is 135 cm³/mol. The fourth-order valence-electron chi connectivity index (χ4n) is 4.29. The van der Waals surface area contributed by atoms with Gasteiger partial charge in [-0.15, -0.1) is 0 Å². The molecule has 5 nitrogen and oxygen atoms in total. The number of fused-ring (bicyclic) bond motifs is 1. The van der Waals surface area contributed by atoms with E-state index < -0.39 is 11.6 Å². The van der Waals surface area contributed by atoms with E-state index in [1.807, 2.05) is 42.5 Å². The summed E-state index contributed by atoms with van der Waals surface area (Å²) >= 11 is 9.76. The zero-order chi connectivity index (χ0) is 24.3.